The van der Waals surface area contributed by atoms with E-state index in [1.54, 1.807) is 48.5 Å². The topological polar surface area (TPSA) is 71.4 Å². The van der Waals surface area contributed by atoms with Gasteiger partial charge in [0.1, 0.15) is 24.1 Å². The van der Waals surface area contributed by atoms with Gasteiger partial charge in [-0.05, 0) is 60.0 Å². The number of nitrogens with one attached hydrogen (secondary N) is 1. The molecule has 0 spiro atoms. The number of carbonyl (C=O) groups excluding carboxylic acids is 1. The molecule has 5 nitrogen and oxygen atoms in total. The molecule has 35 heavy (non-hydrogen) atoms. The highest BCUT2D eigenvalue weighted by molar-refractivity contribution is 6.44. The van der Waals surface area contributed by atoms with Gasteiger partial charge in [-0.25, -0.2) is 4.39 Å². The Kier molecular flexibility index (Phi) is 8.91. The van der Waals surface area contributed by atoms with Gasteiger partial charge >= 0.3 is 0 Å². The summed E-state index contributed by atoms with van der Waals surface area (Å²) in [5.74, 6) is -0.149. The zero-order valence-electron chi connectivity index (χ0n) is 18.8. The van der Waals surface area contributed by atoms with Gasteiger partial charge in [0.2, 0.25) is 0 Å². The lowest BCUT2D eigenvalue weighted by atomic mass is 10.0. The monoisotopic (exact) mass is 510 g/mol. The van der Waals surface area contributed by atoms with E-state index >= 15 is 0 Å². The van der Waals surface area contributed by atoms with Crippen molar-refractivity contribution in [3.63, 3.8) is 0 Å². The Labute approximate surface area is 213 Å². The van der Waals surface area contributed by atoms with Crippen molar-refractivity contribution in [1.29, 1.82) is 5.26 Å². The Morgan fingerprint density at radius 3 is 2.66 bits per heavy atom. The second-order valence-electron chi connectivity index (χ2n) is 7.35. The van der Waals surface area contributed by atoms with Crippen LogP contribution in [0.4, 0.5) is 10.1 Å². The summed E-state index contributed by atoms with van der Waals surface area (Å²) < 4.78 is 25.0. The van der Waals surface area contributed by atoms with Crippen LogP contribution in [-0.2, 0) is 17.8 Å². The highest BCUT2D eigenvalue weighted by atomic mass is 35.5. The molecule has 0 saturated heterocycles. The molecule has 3 aromatic rings. The van der Waals surface area contributed by atoms with Gasteiger partial charge in [0.05, 0.1) is 22.8 Å². The third-order valence-electron chi connectivity index (χ3n) is 4.89. The molecule has 0 unspecified atom stereocenters. The van der Waals surface area contributed by atoms with Crippen LogP contribution in [0.25, 0.3) is 6.08 Å². The van der Waals surface area contributed by atoms with Gasteiger partial charge in [-0.15, -0.1) is 6.58 Å². The van der Waals surface area contributed by atoms with Gasteiger partial charge in [-0.1, -0.05) is 47.5 Å². The Morgan fingerprint density at radius 2 is 1.97 bits per heavy atom. The lowest BCUT2D eigenvalue weighted by Gasteiger charge is -2.16. The first kappa shape index (κ1) is 25.8. The fourth-order valence-corrected chi connectivity index (χ4v) is 3.62. The number of rotatable bonds is 9. The van der Waals surface area contributed by atoms with Gasteiger partial charge in [0, 0.05) is 5.56 Å². The van der Waals surface area contributed by atoms with E-state index in [-0.39, 0.29) is 33.7 Å². The molecule has 1 amide bonds. The van der Waals surface area contributed by atoms with E-state index < -0.39 is 5.91 Å². The number of methoxy groups -OCH3 is 1. The van der Waals surface area contributed by atoms with Crippen molar-refractivity contribution in [2.24, 2.45) is 0 Å². The number of allylic oxidation sites excluding steroid dienone is 1. The SMILES string of the molecule is C=CCc1cc(/C=C(/C#N)C(=O)Nc2cccc(Cl)c2Cl)cc(OC)c1OCc1cccc(F)c1. The van der Waals surface area contributed by atoms with Crippen molar-refractivity contribution in [2.45, 2.75) is 13.0 Å². The molecule has 3 aromatic carbocycles. The first-order chi connectivity index (χ1) is 16.9. The summed E-state index contributed by atoms with van der Waals surface area (Å²) in [6, 6.07) is 16.2. The summed E-state index contributed by atoms with van der Waals surface area (Å²) in [5.41, 5.74) is 2.05. The van der Waals surface area contributed by atoms with Crippen LogP contribution >= 0.6 is 23.2 Å². The molecule has 0 fully saturated rings. The van der Waals surface area contributed by atoms with Crippen molar-refractivity contribution in [3.05, 3.63) is 105 Å². The summed E-state index contributed by atoms with van der Waals surface area (Å²) in [6.45, 7) is 3.90. The average Bonchev–Trinajstić information content (AvgIpc) is 2.84. The second kappa shape index (κ2) is 12.1. The van der Waals surface area contributed by atoms with Crippen molar-refractivity contribution in [1.82, 2.24) is 0 Å². The number of amides is 1. The zero-order valence-corrected chi connectivity index (χ0v) is 20.3. The van der Waals surface area contributed by atoms with Gasteiger partial charge < -0.3 is 14.8 Å². The second-order valence-corrected chi connectivity index (χ2v) is 8.13. The highest BCUT2D eigenvalue weighted by Gasteiger charge is 2.16. The minimum Gasteiger partial charge on any atom is -0.493 e. The number of benzene rings is 3. The lowest BCUT2D eigenvalue weighted by molar-refractivity contribution is -0.112. The van der Waals surface area contributed by atoms with E-state index in [0.717, 1.165) is 5.56 Å². The number of nitriles is 1. The Hall–Kier alpha value is -3.79. The number of nitrogens with zero attached hydrogens (tertiary/aromatic N) is 1. The largest absolute Gasteiger partial charge is 0.493 e. The third kappa shape index (κ3) is 6.63. The van der Waals surface area contributed by atoms with Crippen LogP contribution in [0.3, 0.4) is 0 Å². The van der Waals surface area contributed by atoms with E-state index in [4.69, 9.17) is 32.7 Å². The van der Waals surface area contributed by atoms with Gasteiger partial charge in [0.15, 0.2) is 11.5 Å². The maximum absolute atomic E-state index is 13.5. The lowest BCUT2D eigenvalue weighted by Crippen LogP contribution is -2.13. The summed E-state index contributed by atoms with van der Waals surface area (Å²) >= 11 is 12.1. The summed E-state index contributed by atoms with van der Waals surface area (Å²) in [5, 5.41) is 12.7. The van der Waals surface area contributed by atoms with Gasteiger partial charge in [-0.2, -0.15) is 5.26 Å². The van der Waals surface area contributed by atoms with E-state index in [2.05, 4.69) is 11.9 Å². The molecular weight excluding hydrogens is 490 g/mol. The van der Waals surface area contributed by atoms with Crippen LogP contribution in [0.1, 0.15) is 16.7 Å². The standard InChI is InChI=1S/C27H21Cl2FN2O3/c1-3-6-19-11-18(12-20(15-31)27(33)32-23-10-5-9-22(28)25(23)29)14-24(34-2)26(19)35-16-17-7-4-8-21(30)13-17/h3-5,7-14H,1,6,16H2,2H3,(H,32,33)/b20-12-. The fraction of sp³-hybridized carbons (Fsp3) is 0.111. The minimum absolute atomic E-state index is 0.125. The fourth-order valence-electron chi connectivity index (χ4n) is 3.28. The van der Waals surface area contributed by atoms with E-state index in [9.17, 15) is 14.4 Å². The maximum Gasteiger partial charge on any atom is 0.266 e. The molecule has 0 aliphatic carbocycles. The van der Waals surface area contributed by atoms with Gasteiger partial charge in [0.25, 0.3) is 5.91 Å². The smallest absolute Gasteiger partial charge is 0.266 e. The van der Waals surface area contributed by atoms with Crippen LogP contribution in [0.5, 0.6) is 11.5 Å². The number of ether oxygens (including phenoxy) is 2. The van der Waals surface area contributed by atoms with Crippen molar-refractivity contribution < 1.29 is 18.7 Å². The summed E-state index contributed by atoms with van der Waals surface area (Å²) in [7, 11) is 1.48. The molecule has 0 saturated carbocycles. The summed E-state index contributed by atoms with van der Waals surface area (Å²) in [6.07, 6.45) is 3.55. The van der Waals surface area contributed by atoms with E-state index in [1.807, 2.05) is 6.07 Å². The summed E-state index contributed by atoms with van der Waals surface area (Å²) in [4.78, 5) is 12.7. The Bertz CT molecular complexity index is 1330. The number of hydrogen-bond acceptors (Lipinski definition) is 4. The quantitative estimate of drug-likeness (QED) is 0.191. The first-order valence-corrected chi connectivity index (χ1v) is 11.2. The molecule has 0 aliphatic rings. The number of carbonyl (C=O) groups is 1. The average molecular weight is 511 g/mol. The molecule has 0 atom stereocenters. The Balaban J connectivity index is 1.92. The van der Waals surface area contributed by atoms with Crippen molar-refractivity contribution in [2.75, 3.05) is 12.4 Å². The van der Waals surface area contributed by atoms with Crippen LogP contribution < -0.4 is 14.8 Å². The number of halogens is 3. The molecule has 8 heteroatoms. The molecule has 0 heterocycles. The molecule has 0 aliphatic heterocycles. The molecule has 3 rings (SSSR count). The molecule has 0 bridgehead atoms. The molecular formula is C27H21Cl2FN2O3. The molecule has 178 valence electrons. The predicted molar refractivity (Wildman–Crippen MR) is 136 cm³/mol. The molecule has 0 radical (unpaired) electrons. The number of anilines is 1. The van der Waals surface area contributed by atoms with Crippen molar-refractivity contribution in [3.8, 4) is 17.6 Å². The third-order valence-corrected chi connectivity index (χ3v) is 5.71. The molecule has 0 aromatic heterocycles. The van der Waals surface area contributed by atoms with Gasteiger partial charge in [-0.3, -0.25) is 4.79 Å². The van der Waals surface area contributed by atoms with E-state index in [0.29, 0.717) is 29.0 Å². The van der Waals surface area contributed by atoms with E-state index in [1.165, 1.54) is 25.3 Å². The predicted octanol–water partition coefficient (Wildman–Crippen LogP) is 6.99. The maximum atomic E-state index is 13.5. The van der Waals surface area contributed by atoms with Crippen LogP contribution in [-0.4, -0.2) is 13.0 Å². The Morgan fingerprint density at radius 1 is 1.20 bits per heavy atom. The van der Waals surface area contributed by atoms with Crippen LogP contribution in [0.2, 0.25) is 10.0 Å². The minimum atomic E-state index is -0.646. The van der Waals surface area contributed by atoms with Crippen molar-refractivity contribution >= 4 is 40.9 Å². The number of hydrogen-bond donors (Lipinski definition) is 1. The normalized spacial score (nSPS) is 10.9. The molecule has 1 N–H and O–H groups in total. The first-order valence-electron chi connectivity index (χ1n) is 10.4. The van der Waals surface area contributed by atoms with Crippen LogP contribution in [0.15, 0.2) is 72.8 Å². The van der Waals surface area contributed by atoms with Crippen LogP contribution in [0, 0.1) is 17.1 Å². The zero-order chi connectivity index (χ0) is 25.4. The highest BCUT2D eigenvalue weighted by Crippen LogP contribution is 2.35.